The molecule has 0 saturated carbocycles. The first kappa shape index (κ1) is 15.7. The summed E-state index contributed by atoms with van der Waals surface area (Å²) in [7, 11) is 0. The van der Waals surface area contributed by atoms with Crippen molar-refractivity contribution in [1.82, 2.24) is 0 Å². The van der Waals surface area contributed by atoms with Gasteiger partial charge in [0.25, 0.3) is 0 Å². The first-order valence-electron chi connectivity index (χ1n) is 5.66. The summed E-state index contributed by atoms with van der Waals surface area (Å²) in [5.41, 5.74) is -1.45. The fourth-order valence-corrected chi connectivity index (χ4v) is 1.52. The molecule has 22 heavy (non-hydrogen) atoms. The molecule has 0 unspecified atom stereocenters. The maximum Gasteiger partial charge on any atom is 0.323 e. The third-order valence-electron chi connectivity index (χ3n) is 2.57. The van der Waals surface area contributed by atoms with Gasteiger partial charge in [0.15, 0.2) is 34.9 Å². The van der Waals surface area contributed by atoms with Gasteiger partial charge in [-0.15, -0.1) is 0 Å². The number of benzene rings is 2. The Kier molecular flexibility index (Phi) is 4.25. The number of hydrogen-bond donors (Lipinski definition) is 2. The molecule has 9 heteroatoms. The molecule has 0 atom stereocenters. The van der Waals surface area contributed by atoms with Crippen molar-refractivity contribution >= 4 is 17.4 Å². The van der Waals surface area contributed by atoms with Crippen molar-refractivity contribution in [1.29, 1.82) is 0 Å². The van der Waals surface area contributed by atoms with Crippen molar-refractivity contribution in [2.45, 2.75) is 0 Å². The predicted octanol–water partition coefficient (Wildman–Crippen LogP) is 4.17. The van der Waals surface area contributed by atoms with Gasteiger partial charge in [-0.2, -0.15) is 0 Å². The first-order valence-corrected chi connectivity index (χ1v) is 5.66. The number of amides is 2. The lowest BCUT2D eigenvalue weighted by atomic mass is 10.2. The second kappa shape index (κ2) is 5.96. The van der Waals surface area contributed by atoms with Crippen LogP contribution in [0, 0.1) is 34.9 Å². The molecule has 0 saturated heterocycles. The summed E-state index contributed by atoms with van der Waals surface area (Å²) in [5.74, 6) is -9.87. The lowest BCUT2D eigenvalue weighted by Crippen LogP contribution is -2.21. The third-order valence-corrected chi connectivity index (χ3v) is 2.57. The van der Waals surface area contributed by atoms with E-state index in [1.807, 2.05) is 0 Å². The van der Waals surface area contributed by atoms with Gasteiger partial charge in [0, 0.05) is 0 Å². The van der Waals surface area contributed by atoms with Crippen LogP contribution in [0.4, 0.5) is 42.5 Å². The Balaban J connectivity index is 2.18. The van der Waals surface area contributed by atoms with E-state index >= 15 is 0 Å². The summed E-state index contributed by atoms with van der Waals surface area (Å²) in [6.45, 7) is 0. The van der Waals surface area contributed by atoms with Crippen molar-refractivity contribution in [2.75, 3.05) is 10.6 Å². The van der Waals surface area contributed by atoms with Crippen molar-refractivity contribution in [2.24, 2.45) is 0 Å². The fraction of sp³-hybridized carbons (Fsp3) is 0. The largest absolute Gasteiger partial charge is 0.323 e. The zero-order valence-electron chi connectivity index (χ0n) is 10.5. The molecule has 0 aliphatic heterocycles. The number of urea groups is 1. The van der Waals surface area contributed by atoms with E-state index in [0.717, 1.165) is 12.1 Å². The summed E-state index contributed by atoms with van der Waals surface area (Å²) in [5, 5.41) is 3.55. The molecular weight excluding hydrogens is 314 g/mol. The number of anilines is 2. The van der Waals surface area contributed by atoms with E-state index in [2.05, 4.69) is 0 Å². The van der Waals surface area contributed by atoms with Crippen LogP contribution in [-0.4, -0.2) is 6.03 Å². The van der Waals surface area contributed by atoms with E-state index in [-0.39, 0.29) is 0 Å². The van der Waals surface area contributed by atoms with Gasteiger partial charge in [0.05, 0.1) is 11.4 Å². The standard InChI is InChI=1S/C13H6F6N2O/c14-5-1-3-7(11(18)9(5)16)20-13(22)21-8-4-2-6(15)10(17)12(8)19/h1-4H,(H2,20,21,22). The van der Waals surface area contributed by atoms with Crippen LogP contribution < -0.4 is 10.6 Å². The fourth-order valence-electron chi connectivity index (χ4n) is 1.52. The van der Waals surface area contributed by atoms with Gasteiger partial charge < -0.3 is 10.6 Å². The molecule has 0 spiro atoms. The molecule has 0 radical (unpaired) electrons. The van der Waals surface area contributed by atoms with Gasteiger partial charge in [0.2, 0.25) is 0 Å². The van der Waals surface area contributed by atoms with E-state index in [1.165, 1.54) is 0 Å². The zero-order valence-corrected chi connectivity index (χ0v) is 10.5. The highest BCUT2D eigenvalue weighted by Gasteiger charge is 2.18. The molecular formula is C13H6F6N2O. The van der Waals surface area contributed by atoms with Crippen LogP contribution >= 0.6 is 0 Å². The van der Waals surface area contributed by atoms with Crippen molar-refractivity contribution in [3.05, 3.63) is 59.2 Å². The summed E-state index contributed by atoms with van der Waals surface area (Å²) in [6, 6.07) is 1.32. The lowest BCUT2D eigenvalue weighted by Gasteiger charge is -2.10. The number of carbonyl (C=O) groups excluding carboxylic acids is 1. The SMILES string of the molecule is O=C(Nc1ccc(F)c(F)c1F)Nc1ccc(F)c(F)c1F. The number of nitrogens with one attached hydrogen (secondary N) is 2. The molecule has 0 aromatic heterocycles. The molecule has 2 aromatic rings. The third kappa shape index (κ3) is 2.97. The van der Waals surface area contributed by atoms with E-state index in [1.54, 1.807) is 10.6 Å². The van der Waals surface area contributed by atoms with Crippen LogP contribution in [-0.2, 0) is 0 Å². The Bertz CT molecular complexity index is 688. The summed E-state index contributed by atoms with van der Waals surface area (Å²) >= 11 is 0. The molecule has 3 nitrogen and oxygen atoms in total. The second-order valence-corrected chi connectivity index (χ2v) is 4.02. The van der Waals surface area contributed by atoms with Gasteiger partial charge >= 0.3 is 6.03 Å². The van der Waals surface area contributed by atoms with E-state index < -0.39 is 52.3 Å². The van der Waals surface area contributed by atoms with Crippen molar-refractivity contribution in [3.8, 4) is 0 Å². The number of rotatable bonds is 2. The quantitative estimate of drug-likeness (QED) is 0.633. The maximum absolute atomic E-state index is 13.3. The molecule has 116 valence electrons. The smallest absolute Gasteiger partial charge is 0.305 e. The Morgan fingerprint density at radius 2 is 1.00 bits per heavy atom. The monoisotopic (exact) mass is 320 g/mol. The molecule has 2 N–H and O–H groups in total. The van der Waals surface area contributed by atoms with E-state index in [4.69, 9.17) is 0 Å². The molecule has 0 heterocycles. The molecule has 0 aliphatic carbocycles. The molecule has 2 rings (SSSR count). The first-order chi connectivity index (χ1) is 10.3. The Labute approximate surface area is 119 Å². The zero-order chi connectivity index (χ0) is 16.4. The second-order valence-electron chi connectivity index (χ2n) is 4.02. The molecule has 0 fully saturated rings. The summed E-state index contributed by atoms with van der Waals surface area (Å²) in [4.78, 5) is 11.5. The molecule has 2 aromatic carbocycles. The topological polar surface area (TPSA) is 41.1 Å². The number of hydrogen-bond acceptors (Lipinski definition) is 1. The van der Waals surface area contributed by atoms with Crippen LogP contribution in [0.5, 0.6) is 0 Å². The minimum absolute atomic E-state index is 0.562. The van der Waals surface area contributed by atoms with Crippen LogP contribution in [0.2, 0.25) is 0 Å². The van der Waals surface area contributed by atoms with Crippen molar-refractivity contribution < 1.29 is 31.1 Å². The Morgan fingerprint density at radius 1 is 0.636 bits per heavy atom. The van der Waals surface area contributed by atoms with Gasteiger partial charge in [-0.25, -0.2) is 31.1 Å². The van der Waals surface area contributed by atoms with Crippen LogP contribution in [0.15, 0.2) is 24.3 Å². The average Bonchev–Trinajstić information content (AvgIpc) is 2.48. The van der Waals surface area contributed by atoms with E-state index in [0.29, 0.717) is 12.1 Å². The summed E-state index contributed by atoms with van der Waals surface area (Å²) < 4.78 is 78.0. The highest BCUT2D eigenvalue weighted by molar-refractivity contribution is 5.99. The molecule has 0 aliphatic rings. The molecule has 2 amide bonds. The van der Waals surface area contributed by atoms with Gasteiger partial charge in [0.1, 0.15) is 0 Å². The van der Waals surface area contributed by atoms with Gasteiger partial charge in [-0.3, -0.25) is 0 Å². The highest BCUT2D eigenvalue weighted by Crippen LogP contribution is 2.22. The lowest BCUT2D eigenvalue weighted by molar-refractivity contribution is 0.262. The van der Waals surface area contributed by atoms with Crippen LogP contribution in [0.25, 0.3) is 0 Å². The maximum atomic E-state index is 13.3. The number of carbonyl (C=O) groups is 1. The van der Waals surface area contributed by atoms with Crippen LogP contribution in [0.3, 0.4) is 0 Å². The normalized spacial score (nSPS) is 10.5. The Morgan fingerprint density at radius 3 is 1.36 bits per heavy atom. The predicted molar refractivity (Wildman–Crippen MR) is 65.3 cm³/mol. The minimum atomic E-state index is -1.81. The van der Waals surface area contributed by atoms with Gasteiger partial charge in [-0.05, 0) is 24.3 Å². The Hall–Kier alpha value is -2.71. The average molecular weight is 320 g/mol. The van der Waals surface area contributed by atoms with Crippen LogP contribution in [0.1, 0.15) is 0 Å². The number of halogens is 6. The van der Waals surface area contributed by atoms with Crippen molar-refractivity contribution in [3.63, 3.8) is 0 Å². The van der Waals surface area contributed by atoms with E-state index in [9.17, 15) is 31.1 Å². The summed E-state index contributed by atoms with van der Waals surface area (Å²) in [6.07, 6.45) is 0. The van der Waals surface area contributed by atoms with Gasteiger partial charge in [-0.1, -0.05) is 0 Å². The highest BCUT2D eigenvalue weighted by atomic mass is 19.2. The minimum Gasteiger partial charge on any atom is -0.305 e. The molecule has 0 bridgehead atoms.